The minimum absolute atomic E-state index is 0.238. The molecule has 0 fully saturated rings. The lowest BCUT2D eigenvalue weighted by Crippen LogP contribution is -2.19. The van der Waals surface area contributed by atoms with Gasteiger partial charge in [0.1, 0.15) is 5.69 Å². The van der Waals surface area contributed by atoms with Crippen molar-refractivity contribution in [3.63, 3.8) is 0 Å². The van der Waals surface area contributed by atoms with Gasteiger partial charge < -0.3 is 10.2 Å². The van der Waals surface area contributed by atoms with Crippen LogP contribution in [0, 0.1) is 0 Å². The molecule has 0 aromatic carbocycles. The molecule has 0 bridgehead atoms. The Labute approximate surface area is 171 Å². The molecule has 2 rings (SSSR count). The summed E-state index contributed by atoms with van der Waals surface area (Å²) < 4.78 is 0. The third-order valence-corrected chi connectivity index (χ3v) is 3.81. The van der Waals surface area contributed by atoms with Crippen LogP contribution in [0.15, 0.2) is 58.8 Å². The molecule has 5 nitrogen and oxygen atoms in total. The van der Waals surface area contributed by atoms with Crippen molar-refractivity contribution in [2.24, 2.45) is 0 Å². The normalized spacial score (nSPS) is 18.2. The molecule has 1 aromatic heterocycles. The Hall–Kier alpha value is -1.50. The van der Waals surface area contributed by atoms with Gasteiger partial charge in [-0.15, -0.1) is 5.48 Å². The van der Waals surface area contributed by atoms with Crippen molar-refractivity contribution in [3.05, 3.63) is 64.5 Å². The highest BCUT2D eigenvalue weighted by atomic mass is 35.5. The van der Waals surface area contributed by atoms with Crippen molar-refractivity contribution in [3.8, 4) is 0 Å². The van der Waals surface area contributed by atoms with Crippen molar-refractivity contribution >= 4 is 63.8 Å². The van der Waals surface area contributed by atoms with E-state index in [1.807, 2.05) is 0 Å². The number of nitrogens with one attached hydrogen (secondary N) is 2. The van der Waals surface area contributed by atoms with E-state index in [1.54, 1.807) is 49.4 Å². The predicted molar refractivity (Wildman–Crippen MR) is 107 cm³/mol. The molecule has 26 heavy (non-hydrogen) atoms. The van der Waals surface area contributed by atoms with E-state index >= 15 is 0 Å². The van der Waals surface area contributed by atoms with Crippen LogP contribution in [0.1, 0.15) is 12.6 Å². The molecule has 0 radical (unpaired) electrons. The molecule has 2 heterocycles. The average Bonchev–Trinajstić information content (AvgIpc) is 3.03. The number of alkyl halides is 2. The molecule has 9 heteroatoms. The van der Waals surface area contributed by atoms with Crippen LogP contribution in [0.25, 0.3) is 5.76 Å². The van der Waals surface area contributed by atoms with Gasteiger partial charge in [-0.1, -0.05) is 52.5 Å². The van der Waals surface area contributed by atoms with Crippen molar-refractivity contribution in [2.45, 2.75) is 17.8 Å². The summed E-state index contributed by atoms with van der Waals surface area (Å²) in [5.41, 5.74) is 3.84. The Kier molecular flexibility index (Phi) is 8.00. The van der Waals surface area contributed by atoms with E-state index in [1.165, 1.54) is 6.20 Å². The fraction of sp³-hybridized carbons (Fsp3) is 0.176. The van der Waals surface area contributed by atoms with Crippen LogP contribution >= 0.6 is 46.4 Å². The molecule has 1 atom stereocenters. The highest BCUT2D eigenvalue weighted by Crippen LogP contribution is 2.22. The monoisotopic (exact) mass is 433 g/mol. The number of halogens is 4. The first-order valence-corrected chi connectivity index (χ1v) is 9.05. The molecule has 0 spiro atoms. The van der Waals surface area contributed by atoms with Gasteiger partial charge in [-0.25, -0.2) is 0 Å². The Morgan fingerprint density at radius 3 is 2.88 bits per heavy atom. The first kappa shape index (κ1) is 20.8. The van der Waals surface area contributed by atoms with E-state index in [9.17, 15) is 4.79 Å². The van der Waals surface area contributed by atoms with E-state index in [4.69, 9.17) is 51.2 Å². The second-order valence-corrected chi connectivity index (χ2v) is 7.29. The Morgan fingerprint density at radius 1 is 1.42 bits per heavy atom. The summed E-state index contributed by atoms with van der Waals surface area (Å²) >= 11 is 22.9. The summed E-state index contributed by atoms with van der Waals surface area (Å²) in [5, 5.41) is 3.75. The highest BCUT2D eigenvalue weighted by Gasteiger charge is 2.19. The number of rotatable bonds is 6. The number of hydrogen-bond acceptors (Lipinski definition) is 4. The van der Waals surface area contributed by atoms with Gasteiger partial charge in [0.25, 0.3) is 5.91 Å². The number of nitrogens with zero attached hydrogens (tertiary/aromatic N) is 1. The summed E-state index contributed by atoms with van der Waals surface area (Å²) in [6.07, 6.45) is 10.3. The summed E-state index contributed by atoms with van der Waals surface area (Å²) in [6.45, 7) is 1.77. The van der Waals surface area contributed by atoms with Gasteiger partial charge in [-0.2, -0.15) is 0 Å². The SMILES string of the molecule is C\C(Cl)=C/C=C\C(Cl)=C\C1C=C(c2cc(NC(=O)C(Cl)Cl)ccn2)ON1. The lowest BCUT2D eigenvalue weighted by molar-refractivity contribution is -0.114. The smallest absolute Gasteiger partial charge is 0.257 e. The van der Waals surface area contributed by atoms with Gasteiger partial charge in [0, 0.05) is 21.9 Å². The number of aromatic nitrogens is 1. The van der Waals surface area contributed by atoms with Crippen LogP contribution in [-0.2, 0) is 9.63 Å². The van der Waals surface area contributed by atoms with E-state index in [0.29, 0.717) is 27.2 Å². The summed E-state index contributed by atoms with van der Waals surface area (Å²) in [7, 11) is 0. The molecule has 1 unspecified atom stereocenters. The lowest BCUT2D eigenvalue weighted by Gasteiger charge is -2.07. The summed E-state index contributed by atoms with van der Waals surface area (Å²) in [6, 6.07) is 3.02. The maximum absolute atomic E-state index is 11.6. The molecule has 1 aromatic rings. The summed E-state index contributed by atoms with van der Waals surface area (Å²) in [4.78, 5) is 20.0. The van der Waals surface area contributed by atoms with Crippen LogP contribution in [0.2, 0.25) is 0 Å². The molecular weight excluding hydrogens is 420 g/mol. The van der Waals surface area contributed by atoms with Crippen LogP contribution in [0.3, 0.4) is 0 Å². The minimum Gasteiger partial charge on any atom is -0.406 e. The first-order valence-electron chi connectivity index (χ1n) is 7.42. The molecule has 138 valence electrons. The molecule has 0 saturated heterocycles. The van der Waals surface area contributed by atoms with Gasteiger partial charge in [0.05, 0.1) is 6.04 Å². The molecule has 1 aliphatic rings. The first-order chi connectivity index (χ1) is 12.3. The second kappa shape index (κ2) is 10.00. The van der Waals surface area contributed by atoms with Crippen molar-refractivity contribution in [2.75, 3.05) is 5.32 Å². The third-order valence-electron chi connectivity index (χ3n) is 3.03. The zero-order valence-corrected chi connectivity index (χ0v) is 16.6. The van der Waals surface area contributed by atoms with Crippen molar-refractivity contribution in [1.29, 1.82) is 0 Å². The van der Waals surface area contributed by atoms with E-state index in [-0.39, 0.29) is 6.04 Å². The number of allylic oxidation sites excluding steroid dienone is 5. The Balaban J connectivity index is 2.08. The van der Waals surface area contributed by atoms with Gasteiger partial charge in [0.15, 0.2) is 10.6 Å². The number of pyridine rings is 1. The zero-order chi connectivity index (χ0) is 19.1. The van der Waals surface area contributed by atoms with Gasteiger partial charge in [-0.3, -0.25) is 9.78 Å². The van der Waals surface area contributed by atoms with Crippen LogP contribution < -0.4 is 10.8 Å². The zero-order valence-electron chi connectivity index (χ0n) is 13.5. The van der Waals surface area contributed by atoms with Gasteiger partial charge in [0.2, 0.25) is 0 Å². The van der Waals surface area contributed by atoms with Crippen LogP contribution in [0.4, 0.5) is 5.69 Å². The molecular formula is C17H15Cl4N3O2. The second-order valence-electron chi connectivity index (χ2n) is 5.16. The quantitative estimate of drug-likeness (QED) is 0.494. The Morgan fingerprint density at radius 2 is 2.19 bits per heavy atom. The number of carbonyl (C=O) groups excluding carboxylic acids is 1. The molecule has 1 amide bonds. The van der Waals surface area contributed by atoms with E-state index in [0.717, 1.165) is 0 Å². The van der Waals surface area contributed by atoms with Crippen molar-refractivity contribution < 1.29 is 9.63 Å². The van der Waals surface area contributed by atoms with Gasteiger partial charge in [-0.05, 0) is 43.4 Å². The largest absolute Gasteiger partial charge is 0.406 e. The average molecular weight is 435 g/mol. The lowest BCUT2D eigenvalue weighted by atomic mass is 10.2. The van der Waals surface area contributed by atoms with Crippen LogP contribution in [-0.4, -0.2) is 21.8 Å². The molecule has 0 aliphatic carbocycles. The number of anilines is 1. The maximum atomic E-state index is 11.6. The van der Waals surface area contributed by atoms with Crippen LogP contribution in [0.5, 0.6) is 0 Å². The van der Waals surface area contributed by atoms with Crippen molar-refractivity contribution in [1.82, 2.24) is 10.5 Å². The minimum atomic E-state index is -1.16. The molecule has 1 aliphatic heterocycles. The predicted octanol–water partition coefficient (Wildman–Crippen LogP) is 4.89. The number of hydroxylamine groups is 1. The standard InChI is InChI=1S/C17H15Cl4N3O2/c1-10(18)3-2-4-11(19)7-13-9-15(26-24-13)14-8-12(5-6-22-14)23-17(25)16(20)21/h2-9,13,16,24H,1H3,(H,22,23,25)/b4-2-,10-3+,11-7-. The molecule has 2 N–H and O–H groups in total. The fourth-order valence-corrected chi connectivity index (χ4v) is 2.31. The number of carbonyl (C=O) groups is 1. The Bertz CT molecular complexity index is 784. The molecule has 0 saturated carbocycles. The highest BCUT2D eigenvalue weighted by molar-refractivity contribution is 6.54. The third kappa shape index (κ3) is 6.67. The van der Waals surface area contributed by atoms with E-state index in [2.05, 4.69) is 15.8 Å². The van der Waals surface area contributed by atoms with E-state index < -0.39 is 10.7 Å². The topological polar surface area (TPSA) is 63.2 Å². The number of amides is 1. The maximum Gasteiger partial charge on any atom is 0.257 e. The summed E-state index contributed by atoms with van der Waals surface area (Å²) in [5.74, 6) is -0.0221. The van der Waals surface area contributed by atoms with Gasteiger partial charge >= 0.3 is 0 Å². The number of hydrogen-bond donors (Lipinski definition) is 2. The fourth-order valence-electron chi connectivity index (χ4n) is 1.92.